The summed E-state index contributed by atoms with van der Waals surface area (Å²) in [5.74, 6) is 3.04. The Labute approximate surface area is 376 Å². The van der Waals surface area contributed by atoms with Crippen LogP contribution in [0.5, 0.6) is 0 Å². The van der Waals surface area contributed by atoms with E-state index < -0.39 is 11.6 Å². The molecule has 0 spiro atoms. The molecular formula is C53H78O10. The molecule has 0 saturated heterocycles. The van der Waals surface area contributed by atoms with Crippen molar-refractivity contribution in [2.75, 3.05) is 0 Å². The lowest BCUT2D eigenvalue weighted by Gasteiger charge is -2.60. The number of Topliss-reactive ketones (excluding diaryl/α,β-unsaturated/α-hetero) is 2. The van der Waals surface area contributed by atoms with Crippen molar-refractivity contribution in [3.63, 3.8) is 0 Å². The third kappa shape index (κ3) is 8.61. The summed E-state index contributed by atoms with van der Waals surface area (Å²) in [5, 5.41) is 8.14. The largest absolute Gasteiger partial charge is 0.481 e. The van der Waals surface area contributed by atoms with Gasteiger partial charge in [0.1, 0.15) is 11.9 Å². The van der Waals surface area contributed by atoms with Crippen molar-refractivity contribution in [2.24, 2.45) is 69.0 Å². The highest BCUT2D eigenvalue weighted by Crippen LogP contribution is 2.70. The molecule has 0 bridgehead atoms. The van der Waals surface area contributed by atoms with Crippen LogP contribution in [0.3, 0.4) is 0 Å². The molecule has 6 fully saturated rings. The maximum Gasteiger partial charge on any atom is 0.303 e. The fraction of sp³-hybridized carbons (Fsp3) is 0.792. The van der Waals surface area contributed by atoms with Gasteiger partial charge in [0.25, 0.3) is 0 Å². The van der Waals surface area contributed by atoms with E-state index in [1.165, 1.54) is 25.0 Å². The van der Waals surface area contributed by atoms with Gasteiger partial charge in [-0.2, -0.15) is 0 Å². The number of hydrogen-bond donors (Lipinski definition) is 1. The Balaban J connectivity index is 0.000000179. The minimum atomic E-state index is -0.961. The van der Waals surface area contributed by atoms with E-state index >= 15 is 0 Å². The number of carboxylic acids is 1. The van der Waals surface area contributed by atoms with Gasteiger partial charge in [0.2, 0.25) is 0 Å². The lowest BCUT2D eigenvalue weighted by molar-refractivity contribution is -0.187. The van der Waals surface area contributed by atoms with Gasteiger partial charge in [-0.25, -0.2) is 0 Å². The van der Waals surface area contributed by atoms with Crippen LogP contribution in [0.15, 0.2) is 23.3 Å². The minimum Gasteiger partial charge on any atom is -0.481 e. The Morgan fingerprint density at radius 2 is 1.41 bits per heavy atom. The van der Waals surface area contributed by atoms with E-state index in [0.29, 0.717) is 72.9 Å². The second-order valence-corrected chi connectivity index (χ2v) is 22.2. The molecule has 0 aromatic heterocycles. The number of rotatable bonds is 8. The van der Waals surface area contributed by atoms with E-state index in [1.54, 1.807) is 13.8 Å². The number of carboxylic acid groups (broad SMARTS) is 1. The number of carbonyl (C=O) groups excluding carboxylic acids is 6. The van der Waals surface area contributed by atoms with E-state index in [2.05, 4.69) is 41.5 Å². The zero-order valence-electron chi connectivity index (χ0n) is 40.2. The molecule has 0 aromatic rings. The molecule has 6 saturated carbocycles. The van der Waals surface area contributed by atoms with Gasteiger partial charge in [-0.1, -0.05) is 65.5 Å². The highest BCUT2D eigenvalue weighted by atomic mass is 16.6. The van der Waals surface area contributed by atoms with Crippen molar-refractivity contribution < 1.29 is 48.1 Å². The van der Waals surface area contributed by atoms with Crippen LogP contribution < -0.4 is 0 Å². The summed E-state index contributed by atoms with van der Waals surface area (Å²) in [6, 6.07) is 0. The fourth-order valence-electron chi connectivity index (χ4n) is 16.2. The third-order valence-electron chi connectivity index (χ3n) is 19.1. The van der Waals surface area contributed by atoms with E-state index in [4.69, 9.17) is 14.6 Å². The molecule has 8 aliphatic rings. The van der Waals surface area contributed by atoms with Gasteiger partial charge in [0.15, 0.2) is 23.0 Å². The van der Waals surface area contributed by atoms with Crippen LogP contribution in [0.25, 0.3) is 0 Å². The molecule has 0 radical (unpaired) electrons. The number of esters is 2. The van der Waals surface area contributed by atoms with Crippen molar-refractivity contribution in [2.45, 2.75) is 197 Å². The molecule has 0 heterocycles. The van der Waals surface area contributed by atoms with E-state index in [0.717, 1.165) is 89.9 Å². The summed E-state index contributed by atoms with van der Waals surface area (Å²) < 4.78 is 11.6. The van der Waals surface area contributed by atoms with Crippen LogP contribution in [-0.4, -0.2) is 57.9 Å². The van der Waals surface area contributed by atoms with Gasteiger partial charge in [0.05, 0.1) is 0 Å². The summed E-state index contributed by atoms with van der Waals surface area (Å²) in [5.41, 5.74) is 1.29. The molecule has 0 amide bonds. The quantitative estimate of drug-likeness (QED) is 0.184. The molecule has 1 N–H and O–H groups in total. The molecule has 0 aromatic carbocycles. The predicted molar refractivity (Wildman–Crippen MR) is 240 cm³/mol. The zero-order chi connectivity index (χ0) is 46.4. The lowest BCUT2D eigenvalue weighted by atomic mass is 9.44. The fourth-order valence-corrected chi connectivity index (χ4v) is 16.2. The molecule has 8 rings (SSSR count). The summed E-state index contributed by atoms with van der Waals surface area (Å²) in [6.07, 6.45) is 19.6. The van der Waals surface area contributed by atoms with E-state index in [9.17, 15) is 33.6 Å². The average molecular weight is 875 g/mol. The molecule has 350 valence electrons. The molecular weight excluding hydrogens is 797 g/mol. The van der Waals surface area contributed by atoms with Gasteiger partial charge in [-0.05, 0) is 162 Å². The SMILES string of the molecule is CC(=O)OC1CC(=O)C=C2CC[C@H]3[C@@H]4CC[C@H](C(C)=O)[C@@]4(C)CC[C@@H]3[C@]21C.CC(=O)O[C@]1(C(C)=O)CC[C@H]2[C@@H]3C[C@H](C)C4=CC(=O)CC[C@]4(C)[C@H]3CC[C@@]21C.CCCCCC(=O)O. The number of carbonyl (C=O) groups is 7. The number of allylic oxidation sites excluding steroid dienone is 1. The second kappa shape index (κ2) is 18.5. The number of hydrogen-bond acceptors (Lipinski definition) is 9. The minimum absolute atomic E-state index is 0.00469. The molecule has 1 unspecified atom stereocenters. The van der Waals surface area contributed by atoms with Gasteiger partial charge in [-0.15, -0.1) is 0 Å². The van der Waals surface area contributed by atoms with Crippen LogP contribution >= 0.6 is 0 Å². The van der Waals surface area contributed by atoms with Gasteiger partial charge in [-0.3, -0.25) is 33.6 Å². The molecule has 10 heteroatoms. The number of ketones is 4. The average Bonchev–Trinajstić information content (AvgIpc) is 3.71. The maximum atomic E-state index is 12.8. The highest BCUT2D eigenvalue weighted by molar-refractivity contribution is 5.93. The third-order valence-corrected chi connectivity index (χ3v) is 19.1. The monoisotopic (exact) mass is 875 g/mol. The highest BCUT2D eigenvalue weighted by Gasteiger charge is 2.68. The van der Waals surface area contributed by atoms with E-state index in [-0.39, 0.29) is 63.0 Å². The Morgan fingerprint density at radius 3 is 2.03 bits per heavy atom. The summed E-state index contributed by atoms with van der Waals surface area (Å²) in [4.78, 5) is 83.0. The second-order valence-electron chi connectivity index (χ2n) is 22.2. The molecule has 14 atom stereocenters. The maximum absolute atomic E-state index is 12.8. The summed E-state index contributed by atoms with van der Waals surface area (Å²) in [6.45, 7) is 19.7. The Hall–Kier alpha value is -3.43. The lowest BCUT2D eigenvalue weighted by Crippen LogP contribution is -2.59. The first-order chi connectivity index (χ1) is 29.5. The molecule has 0 aliphatic heterocycles. The summed E-state index contributed by atoms with van der Waals surface area (Å²) >= 11 is 0. The topological polar surface area (TPSA) is 158 Å². The Morgan fingerprint density at radius 1 is 0.730 bits per heavy atom. The Bertz CT molecular complexity index is 1910. The van der Waals surface area contributed by atoms with Gasteiger partial charge < -0.3 is 14.6 Å². The first-order valence-corrected chi connectivity index (χ1v) is 24.6. The molecule has 63 heavy (non-hydrogen) atoms. The van der Waals surface area contributed by atoms with E-state index in [1.807, 2.05) is 12.2 Å². The first-order valence-electron chi connectivity index (χ1n) is 24.6. The molecule has 10 nitrogen and oxygen atoms in total. The first kappa shape index (κ1) is 49.0. The smallest absolute Gasteiger partial charge is 0.303 e. The van der Waals surface area contributed by atoms with Crippen molar-refractivity contribution in [3.8, 4) is 0 Å². The van der Waals surface area contributed by atoms with Crippen LogP contribution in [0.4, 0.5) is 0 Å². The van der Waals surface area contributed by atoms with Crippen molar-refractivity contribution in [3.05, 3.63) is 23.3 Å². The normalized spacial score (nSPS) is 42.0. The van der Waals surface area contributed by atoms with Crippen LogP contribution in [-0.2, 0) is 43.0 Å². The van der Waals surface area contributed by atoms with Crippen LogP contribution in [0.2, 0.25) is 0 Å². The number of fused-ring (bicyclic) bond motifs is 10. The van der Waals surface area contributed by atoms with Crippen molar-refractivity contribution in [1.82, 2.24) is 0 Å². The van der Waals surface area contributed by atoms with Crippen molar-refractivity contribution >= 4 is 41.0 Å². The zero-order valence-corrected chi connectivity index (χ0v) is 40.2. The van der Waals surface area contributed by atoms with Crippen LogP contribution in [0, 0.1) is 69.0 Å². The summed E-state index contributed by atoms with van der Waals surface area (Å²) in [7, 11) is 0. The number of aliphatic carboxylic acids is 1. The predicted octanol–water partition coefficient (Wildman–Crippen LogP) is 10.6. The Kier molecular flexibility index (Phi) is 14.4. The standard InChI is InChI=1S/C24H34O4.C23H32O4.C6H12O2/c1-14-12-18-19(22(4)9-6-17(27)13-21(14)22)7-10-23(5)20(18)8-11-24(23,15(2)25)28-16(3)26;1-13(24)18-7-8-19-17-6-5-15-11-16(26)12-21(27-14(2)25)23(15,4)20(17)9-10-22(18,19)3;1-2-3-4-5-6(7)8/h13-14,18-20H,6-12H2,1-5H3;11,17-21H,5-10,12H2,1-4H3;2-5H2,1H3,(H,7,8)/t14-,18+,19-,20-,22+,23-,24-;17-,18+,19-,20-,21?,22+,23-;/m00./s1. The van der Waals surface area contributed by atoms with Gasteiger partial charge in [0, 0.05) is 49.9 Å². The molecule has 8 aliphatic carbocycles. The van der Waals surface area contributed by atoms with Crippen LogP contribution in [0.1, 0.15) is 185 Å². The van der Waals surface area contributed by atoms with Crippen molar-refractivity contribution in [1.29, 1.82) is 0 Å². The van der Waals surface area contributed by atoms with Gasteiger partial charge >= 0.3 is 17.9 Å². The number of ether oxygens (including phenoxy) is 2. The number of unbranched alkanes of at least 4 members (excludes halogenated alkanes) is 2.